The molecule has 1 aromatic carbocycles. The standard InChI is InChI=1S/C16H18FN3/c17-14-3-1-12(2-4-14)9-15-10-20-16(11-19-15)13-5-7-18-8-6-13/h1-4,10-11,13,18H,5-9H2. The number of aromatic nitrogens is 2. The summed E-state index contributed by atoms with van der Waals surface area (Å²) in [4.78, 5) is 9.05. The third kappa shape index (κ3) is 3.20. The number of rotatable bonds is 3. The van der Waals surface area contributed by atoms with E-state index in [9.17, 15) is 4.39 Å². The van der Waals surface area contributed by atoms with Crippen LogP contribution in [0, 0.1) is 5.82 Å². The molecule has 0 aliphatic carbocycles. The number of piperidine rings is 1. The van der Waals surface area contributed by atoms with Crippen LogP contribution < -0.4 is 5.32 Å². The number of nitrogens with one attached hydrogen (secondary N) is 1. The van der Waals surface area contributed by atoms with E-state index in [1.54, 1.807) is 12.1 Å². The molecule has 1 N–H and O–H groups in total. The van der Waals surface area contributed by atoms with Crippen LogP contribution in [0.4, 0.5) is 4.39 Å². The topological polar surface area (TPSA) is 37.8 Å². The van der Waals surface area contributed by atoms with Gasteiger partial charge >= 0.3 is 0 Å². The SMILES string of the molecule is Fc1ccc(Cc2cnc(C3CCNCC3)cn2)cc1. The number of benzene rings is 1. The zero-order chi connectivity index (χ0) is 13.8. The van der Waals surface area contributed by atoms with Gasteiger partial charge in [-0.3, -0.25) is 9.97 Å². The molecule has 1 aliphatic heterocycles. The Bertz CT molecular complexity index is 545. The zero-order valence-electron chi connectivity index (χ0n) is 11.3. The van der Waals surface area contributed by atoms with E-state index in [4.69, 9.17) is 0 Å². The Kier molecular flexibility index (Phi) is 4.02. The lowest BCUT2D eigenvalue weighted by Gasteiger charge is -2.21. The van der Waals surface area contributed by atoms with Crippen molar-refractivity contribution in [1.82, 2.24) is 15.3 Å². The van der Waals surface area contributed by atoms with Gasteiger partial charge in [-0.2, -0.15) is 0 Å². The van der Waals surface area contributed by atoms with E-state index in [2.05, 4.69) is 15.3 Å². The lowest BCUT2D eigenvalue weighted by Crippen LogP contribution is -2.27. The second-order valence-corrected chi connectivity index (χ2v) is 5.26. The first-order chi connectivity index (χ1) is 9.81. The van der Waals surface area contributed by atoms with Crippen molar-refractivity contribution in [3.05, 3.63) is 59.4 Å². The van der Waals surface area contributed by atoms with Gasteiger partial charge in [-0.25, -0.2) is 4.39 Å². The van der Waals surface area contributed by atoms with Crippen molar-refractivity contribution in [3.8, 4) is 0 Å². The van der Waals surface area contributed by atoms with Crippen LogP contribution in [-0.4, -0.2) is 23.1 Å². The van der Waals surface area contributed by atoms with E-state index in [0.717, 1.165) is 42.9 Å². The fourth-order valence-corrected chi connectivity index (χ4v) is 2.60. The van der Waals surface area contributed by atoms with E-state index >= 15 is 0 Å². The predicted molar refractivity (Wildman–Crippen MR) is 76.1 cm³/mol. The molecule has 1 aromatic heterocycles. The minimum atomic E-state index is -0.207. The third-order valence-corrected chi connectivity index (χ3v) is 3.78. The largest absolute Gasteiger partial charge is 0.317 e. The second-order valence-electron chi connectivity index (χ2n) is 5.26. The average Bonchev–Trinajstić information content (AvgIpc) is 2.51. The molecule has 0 radical (unpaired) electrons. The Balaban J connectivity index is 1.67. The summed E-state index contributed by atoms with van der Waals surface area (Å²) in [7, 11) is 0. The first-order valence-electron chi connectivity index (χ1n) is 7.07. The molecule has 104 valence electrons. The molecule has 1 fully saturated rings. The van der Waals surface area contributed by atoms with E-state index in [1.165, 1.54) is 12.1 Å². The van der Waals surface area contributed by atoms with Crippen molar-refractivity contribution in [1.29, 1.82) is 0 Å². The Labute approximate surface area is 118 Å². The minimum absolute atomic E-state index is 0.207. The van der Waals surface area contributed by atoms with Crippen molar-refractivity contribution >= 4 is 0 Å². The fraction of sp³-hybridized carbons (Fsp3) is 0.375. The number of nitrogens with zero attached hydrogens (tertiary/aromatic N) is 2. The van der Waals surface area contributed by atoms with E-state index < -0.39 is 0 Å². The van der Waals surface area contributed by atoms with Crippen molar-refractivity contribution in [2.45, 2.75) is 25.2 Å². The van der Waals surface area contributed by atoms with E-state index in [-0.39, 0.29) is 5.82 Å². The van der Waals surface area contributed by atoms with Gasteiger partial charge in [0.05, 0.1) is 11.4 Å². The van der Waals surface area contributed by atoms with Gasteiger partial charge in [-0.15, -0.1) is 0 Å². The highest BCUT2D eigenvalue weighted by Gasteiger charge is 2.16. The summed E-state index contributed by atoms with van der Waals surface area (Å²) < 4.78 is 12.9. The molecule has 0 bridgehead atoms. The quantitative estimate of drug-likeness (QED) is 0.932. The van der Waals surface area contributed by atoms with Crippen molar-refractivity contribution in [2.24, 2.45) is 0 Å². The Morgan fingerprint density at radius 3 is 2.45 bits per heavy atom. The highest BCUT2D eigenvalue weighted by atomic mass is 19.1. The summed E-state index contributed by atoms with van der Waals surface area (Å²) >= 11 is 0. The van der Waals surface area contributed by atoms with Gasteiger partial charge in [0.15, 0.2) is 0 Å². The summed E-state index contributed by atoms with van der Waals surface area (Å²) in [5.41, 5.74) is 3.07. The lowest BCUT2D eigenvalue weighted by molar-refractivity contribution is 0.452. The van der Waals surface area contributed by atoms with Crippen molar-refractivity contribution in [3.63, 3.8) is 0 Å². The molecule has 2 aromatic rings. The highest BCUT2D eigenvalue weighted by molar-refractivity contribution is 5.21. The minimum Gasteiger partial charge on any atom is -0.317 e. The molecule has 0 atom stereocenters. The van der Waals surface area contributed by atoms with Gasteiger partial charge in [0.25, 0.3) is 0 Å². The van der Waals surface area contributed by atoms with E-state index in [1.807, 2.05) is 12.4 Å². The summed E-state index contributed by atoms with van der Waals surface area (Å²) in [6.45, 7) is 2.12. The van der Waals surface area contributed by atoms with Crippen molar-refractivity contribution in [2.75, 3.05) is 13.1 Å². The van der Waals surface area contributed by atoms with Crippen molar-refractivity contribution < 1.29 is 4.39 Å². The lowest BCUT2D eigenvalue weighted by atomic mass is 9.95. The zero-order valence-corrected chi connectivity index (χ0v) is 11.3. The van der Waals surface area contributed by atoms with Gasteiger partial charge in [-0.1, -0.05) is 12.1 Å². The molecule has 0 saturated carbocycles. The molecule has 0 spiro atoms. The predicted octanol–water partition coefficient (Wildman–Crippen LogP) is 2.67. The molecule has 2 heterocycles. The van der Waals surface area contributed by atoms with Crippen LogP contribution in [0.1, 0.15) is 35.7 Å². The molecular weight excluding hydrogens is 253 g/mol. The second kappa shape index (κ2) is 6.09. The Hall–Kier alpha value is -1.81. The molecule has 3 rings (SSSR count). The first-order valence-corrected chi connectivity index (χ1v) is 7.07. The normalized spacial score (nSPS) is 16.2. The first kappa shape index (κ1) is 13.2. The fourth-order valence-electron chi connectivity index (χ4n) is 2.60. The van der Waals surface area contributed by atoms with Crippen LogP contribution in [0.15, 0.2) is 36.7 Å². The summed E-state index contributed by atoms with van der Waals surface area (Å²) in [6, 6.07) is 6.54. The monoisotopic (exact) mass is 271 g/mol. The maximum atomic E-state index is 12.9. The highest BCUT2D eigenvalue weighted by Crippen LogP contribution is 2.22. The van der Waals surface area contributed by atoms with Gasteiger partial charge in [-0.05, 0) is 43.6 Å². The molecule has 20 heavy (non-hydrogen) atoms. The van der Waals surface area contributed by atoms with Crippen LogP contribution in [0.2, 0.25) is 0 Å². The third-order valence-electron chi connectivity index (χ3n) is 3.78. The van der Waals surface area contributed by atoms with Crippen LogP contribution in [0.5, 0.6) is 0 Å². The number of hydrogen-bond acceptors (Lipinski definition) is 3. The molecular formula is C16H18FN3. The summed E-state index contributed by atoms with van der Waals surface area (Å²) in [6.07, 6.45) is 6.70. The van der Waals surface area contributed by atoms with Crippen LogP contribution in [-0.2, 0) is 6.42 Å². The Morgan fingerprint density at radius 2 is 1.80 bits per heavy atom. The molecule has 1 saturated heterocycles. The molecule has 0 unspecified atom stereocenters. The molecule has 3 nitrogen and oxygen atoms in total. The number of hydrogen-bond donors (Lipinski definition) is 1. The summed E-state index contributed by atoms with van der Waals surface area (Å²) in [5.74, 6) is 0.324. The smallest absolute Gasteiger partial charge is 0.123 e. The van der Waals surface area contributed by atoms with Crippen LogP contribution >= 0.6 is 0 Å². The maximum absolute atomic E-state index is 12.9. The number of halogens is 1. The van der Waals surface area contributed by atoms with Gasteiger partial charge < -0.3 is 5.32 Å². The van der Waals surface area contributed by atoms with Crippen LogP contribution in [0.3, 0.4) is 0 Å². The average molecular weight is 271 g/mol. The molecule has 0 amide bonds. The summed E-state index contributed by atoms with van der Waals surface area (Å²) in [5, 5.41) is 3.35. The van der Waals surface area contributed by atoms with Gasteiger partial charge in [0.1, 0.15) is 5.82 Å². The Morgan fingerprint density at radius 1 is 1.05 bits per heavy atom. The molecule has 4 heteroatoms. The van der Waals surface area contributed by atoms with Gasteiger partial charge in [0.2, 0.25) is 0 Å². The van der Waals surface area contributed by atoms with Gasteiger partial charge in [0, 0.05) is 24.7 Å². The van der Waals surface area contributed by atoms with Crippen LogP contribution in [0.25, 0.3) is 0 Å². The maximum Gasteiger partial charge on any atom is 0.123 e. The van der Waals surface area contributed by atoms with E-state index in [0.29, 0.717) is 12.3 Å². The molecule has 1 aliphatic rings.